The van der Waals surface area contributed by atoms with Crippen molar-refractivity contribution in [3.05, 3.63) is 79.6 Å². The Morgan fingerprint density at radius 3 is 2.44 bits per heavy atom. The summed E-state index contributed by atoms with van der Waals surface area (Å²) in [7, 11) is 0. The number of rotatable bonds is 4. The van der Waals surface area contributed by atoms with Gasteiger partial charge in [-0.1, -0.05) is 50.6 Å². The van der Waals surface area contributed by atoms with Crippen LogP contribution in [0.15, 0.2) is 46.9 Å². The minimum atomic E-state index is -0.223. The topological polar surface area (TPSA) is 58.2 Å². The average Bonchev–Trinajstić information content (AvgIpc) is 3.12. The Bertz CT molecular complexity index is 1260. The molecule has 2 amide bonds. The summed E-state index contributed by atoms with van der Waals surface area (Å²) in [6, 6.07) is 13.3. The number of benzene rings is 2. The molecule has 1 heterocycles. The smallest absolute Gasteiger partial charge is 0.258 e. The molecule has 0 bridgehead atoms. The van der Waals surface area contributed by atoms with E-state index in [-0.39, 0.29) is 17.2 Å². The summed E-state index contributed by atoms with van der Waals surface area (Å²) < 4.78 is 0.725. The van der Waals surface area contributed by atoms with Crippen LogP contribution in [0.1, 0.15) is 69.5 Å². The molecule has 0 fully saturated rings. The number of hydrogen-bond donors (Lipinski definition) is 2. The van der Waals surface area contributed by atoms with Crippen LogP contribution in [0.25, 0.3) is 0 Å². The second-order valence-electron chi connectivity index (χ2n) is 10.2. The highest BCUT2D eigenvalue weighted by molar-refractivity contribution is 9.10. The molecule has 34 heavy (non-hydrogen) atoms. The van der Waals surface area contributed by atoms with E-state index < -0.39 is 0 Å². The van der Waals surface area contributed by atoms with Gasteiger partial charge in [0, 0.05) is 15.0 Å². The molecule has 0 radical (unpaired) electrons. The largest absolute Gasteiger partial charge is 0.322 e. The van der Waals surface area contributed by atoms with Crippen LogP contribution in [0.5, 0.6) is 0 Å². The Balaban J connectivity index is 1.71. The minimum absolute atomic E-state index is 0.166. The Hall–Kier alpha value is -2.44. The molecule has 1 aliphatic carbocycles. The molecule has 0 saturated heterocycles. The second-order valence-corrected chi connectivity index (χ2v) is 12.2. The predicted octanol–water partition coefficient (Wildman–Crippen LogP) is 7.78. The fourth-order valence-corrected chi connectivity index (χ4v) is 6.39. The molecule has 0 spiro atoms. The van der Waals surface area contributed by atoms with Gasteiger partial charge in [0.15, 0.2) is 0 Å². The fraction of sp³-hybridized carbons (Fsp3) is 0.357. The van der Waals surface area contributed by atoms with Crippen LogP contribution in [0.3, 0.4) is 0 Å². The van der Waals surface area contributed by atoms with Gasteiger partial charge in [-0.3, -0.25) is 9.59 Å². The molecule has 6 heteroatoms. The Morgan fingerprint density at radius 2 is 1.76 bits per heavy atom. The maximum absolute atomic E-state index is 13.6. The SMILES string of the molecule is Cc1ccc(NC(=O)c2c(NC(=O)c3ccccc3Br)sc3c2CCC(C(C)(C)C)C3)c(C)c1. The zero-order valence-corrected chi connectivity index (χ0v) is 22.7. The molecule has 1 atom stereocenters. The van der Waals surface area contributed by atoms with Crippen LogP contribution in [0.4, 0.5) is 10.7 Å². The number of hydrogen-bond acceptors (Lipinski definition) is 3. The van der Waals surface area contributed by atoms with E-state index in [1.165, 1.54) is 4.88 Å². The van der Waals surface area contributed by atoms with E-state index in [0.717, 1.165) is 46.1 Å². The van der Waals surface area contributed by atoms with Gasteiger partial charge in [0.05, 0.1) is 11.1 Å². The number of halogens is 1. The summed E-state index contributed by atoms with van der Waals surface area (Å²) in [6.45, 7) is 10.9. The zero-order chi connectivity index (χ0) is 24.6. The van der Waals surface area contributed by atoms with E-state index >= 15 is 0 Å². The number of fused-ring (bicyclic) bond motifs is 1. The quantitative estimate of drug-likeness (QED) is 0.356. The van der Waals surface area contributed by atoms with Gasteiger partial charge in [-0.15, -0.1) is 11.3 Å². The summed E-state index contributed by atoms with van der Waals surface area (Å²) >= 11 is 5.01. The van der Waals surface area contributed by atoms with E-state index in [0.29, 0.717) is 22.0 Å². The van der Waals surface area contributed by atoms with Crippen molar-refractivity contribution in [1.82, 2.24) is 0 Å². The first-order valence-electron chi connectivity index (χ1n) is 11.6. The third-order valence-electron chi connectivity index (χ3n) is 6.69. The van der Waals surface area contributed by atoms with E-state index in [1.54, 1.807) is 17.4 Å². The number of amides is 2. The molecule has 0 aliphatic heterocycles. The normalized spacial score (nSPS) is 15.5. The molecular weight excluding hydrogens is 508 g/mol. The second kappa shape index (κ2) is 9.67. The van der Waals surface area contributed by atoms with Crippen molar-refractivity contribution in [1.29, 1.82) is 0 Å². The van der Waals surface area contributed by atoms with Crippen molar-refractivity contribution >= 4 is 49.8 Å². The first-order valence-corrected chi connectivity index (χ1v) is 13.2. The van der Waals surface area contributed by atoms with Gasteiger partial charge in [-0.2, -0.15) is 0 Å². The Kier molecular flexibility index (Phi) is 7.02. The zero-order valence-electron chi connectivity index (χ0n) is 20.3. The molecule has 4 nitrogen and oxygen atoms in total. The lowest BCUT2D eigenvalue weighted by molar-refractivity contribution is 0.102. The molecule has 4 rings (SSSR count). The minimum Gasteiger partial charge on any atom is -0.322 e. The van der Waals surface area contributed by atoms with Crippen molar-refractivity contribution in [2.75, 3.05) is 10.6 Å². The van der Waals surface area contributed by atoms with Crippen molar-refractivity contribution in [2.24, 2.45) is 11.3 Å². The fourth-order valence-electron chi connectivity index (χ4n) is 4.61. The molecule has 1 aliphatic rings. The molecular formula is C28H31BrN2O2S. The molecule has 178 valence electrons. The van der Waals surface area contributed by atoms with Crippen molar-refractivity contribution in [2.45, 2.75) is 53.9 Å². The molecule has 1 aromatic heterocycles. The number of nitrogens with one attached hydrogen (secondary N) is 2. The molecule has 3 aromatic rings. The lowest BCUT2D eigenvalue weighted by Crippen LogP contribution is -2.27. The van der Waals surface area contributed by atoms with Crippen LogP contribution in [0, 0.1) is 25.2 Å². The van der Waals surface area contributed by atoms with Crippen LogP contribution in [0.2, 0.25) is 0 Å². The van der Waals surface area contributed by atoms with Crippen molar-refractivity contribution in [3.63, 3.8) is 0 Å². The summed E-state index contributed by atoms with van der Waals surface area (Å²) in [5.74, 6) is 0.154. The number of thiophene rings is 1. The van der Waals surface area contributed by atoms with Crippen LogP contribution in [-0.2, 0) is 12.8 Å². The van der Waals surface area contributed by atoms with Gasteiger partial charge < -0.3 is 10.6 Å². The molecule has 0 saturated carbocycles. The number of anilines is 2. The standard InChI is InChI=1S/C28H31BrN2O2S/c1-16-10-13-22(17(2)14-16)30-26(33)24-20-12-11-18(28(3,4)5)15-23(20)34-27(24)31-25(32)19-8-6-7-9-21(19)29/h6-10,13-14,18H,11-12,15H2,1-5H3,(H,30,33)(H,31,32). The van der Waals surface area contributed by atoms with E-state index in [2.05, 4.69) is 53.4 Å². The van der Waals surface area contributed by atoms with Gasteiger partial charge in [-0.05, 0) is 89.7 Å². The van der Waals surface area contributed by atoms with Gasteiger partial charge in [0.1, 0.15) is 5.00 Å². The van der Waals surface area contributed by atoms with Gasteiger partial charge >= 0.3 is 0 Å². The summed E-state index contributed by atoms with van der Waals surface area (Å²) in [4.78, 5) is 27.9. The maximum atomic E-state index is 13.6. The monoisotopic (exact) mass is 538 g/mol. The lowest BCUT2D eigenvalue weighted by atomic mass is 9.72. The Morgan fingerprint density at radius 1 is 1.03 bits per heavy atom. The van der Waals surface area contributed by atoms with E-state index in [9.17, 15) is 9.59 Å². The highest BCUT2D eigenvalue weighted by Gasteiger charge is 2.34. The summed E-state index contributed by atoms with van der Waals surface area (Å²) in [5.41, 5.74) is 5.38. The number of aryl methyl sites for hydroxylation is 2. The maximum Gasteiger partial charge on any atom is 0.258 e. The highest BCUT2D eigenvalue weighted by Crippen LogP contribution is 2.44. The lowest BCUT2D eigenvalue weighted by Gasteiger charge is -2.33. The van der Waals surface area contributed by atoms with Crippen LogP contribution < -0.4 is 10.6 Å². The van der Waals surface area contributed by atoms with Gasteiger partial charge in [-0.25, -0.2) is 0 Å². The van der Waals surface area contributed by atoms with E-state index in [1.807, 2.05) is 44.2 Å². The highest BCUT2D eigenvalue weighted by atomic mass is 79.9. The third kappa shape index (κ3) is 5.13. The van der Waals surface area contributed by atoms with Crippen molar-refractivity contribution < 1.29 is 9.59 Å². The summed E-state index contributed by atoms with van der Waals surface area (Å²) in [6.07, 6.45) is 2.81. The third-order valence-corrected chi connectivity index (χ3v) is 8.55. The number of carbonyl (C=O) groups is 2. The first-order chi connectivity index (χ1) is 16.0. The van der Waals surface area contributed by atoms with E-state index in [4.69, 9.17) is 0 Å². The van der Waals surface area contributed by atoms with Gasteiger partial charge in [0.25, 0.3) is 11.8 Å². The summed E-state index contributed by atoms with van der Waals surface area (Å²) in [5, 5.41) is 6.79. The Labute approximate surface area is 214 Å². The predicted molar refractivity (Wildman–Crippen MR) is 145 cm³/mol. The molecule has 2 N–H and O–H groups in total. The van der Waals surface area contributed by atoms with Gasteiger partial charge in [0.2, 0.25) is 0 Å². The first kappa shape index (κ1) is 24.7. The van der Waals surface area contributed by atoms with Crippen molar-refractivity contribution in [3.8, 4) is 0 Å². The van der Waals surface area contributed by atoms with Crippen LogP contribution in [-0.4, -0.2) is 11.8 Å². The molecule has 2 aromatic carbocycles. The van der Waals surface area contributed by atoms with Crippen LogP contribution >= 0.6 is 27.3 Å². The average molecular weight is 540 g/mol. The molecule has 1 unspecified atom stereocenters. The number of carbonyl (C=O) groups excluding carboxylic acids is 2.